The molecule has 6 heteroatoms. The van der Waals surface area contributed by atoms with E-state index in [0.717, 1.165) is 27.6 Å². The Morgan fingerprint density at radius 3 is 3.07 bits per heavy atom. The molecule has 0 aromatic carbocycles. The monoisotopic (exact) mass is 253 g/mol. The molecule has 0 aliphatic carbocycles. The number of fused-ring (bicyclic) bond motifs is 1. The van der Waals surface area contributed by atoms with Crippen LogP contribution in [0.25, 0.3) is 11.0 Å². The molecule has 0 fully saturated rings. The van der Waals surface area contributed by atoms with Crippen LogP contribution in [0.2, 0.25) is 0 Å². The first-order valence-electron chi connectivity index (χ1n) is 4.33. The van der Waals surface area contributed by atoms with E-state index < -0.39 is 0 Å². The van der Waals surface area contributed by atoms with E-state index in [-0.39, 0.29) is 0 Å². The lowest BCUT2D eigenvalue weighted by molar-refractivity contribution is 1.07. The maximum absolute atomic E-state index is 4.47. The zero-order valence-corrected chi connectivity index (χ0v) is 10.1. The number of thioether (sulfide) groups is 1. The highest BCUT2D eigenvalue weighted by molar-refractivity contribution is 7.98. The molecule has 1 N–H and O–H groups in total. The Morgan fingerprint density at radius 1 is 1.27 bits per heavy atom. The van der Waals surface area contributed by atoms with Gasteiger partial charge in [0, 0.05) is 21.9 Å². The van der Waals surface area contributed by atoms with Crippen molar-refractivity contribution < 1.29 is 0 Å². The van der Waals surface area contributed by atoms with Gasteiger partial charge in [-0.05, 0) is 0 Å². The predicted octanol–water partition coefficient (Wildman–Crippen LogP) is 3.37. The minimum atomic E-state index is 0.878. The van der Waals surface area contributed by atoms with Crippen molar-refractivity contribution in [2.75, 3.05) is 0 Å². The maximum Gasteiger partial charge on any atom is 0.166 e. The van der Waals surface area contributed by atoms with Crippen LogP contribution in [-0.4, -0.2) is 15.0 Å². The van der Waals surface area contributed by atoms with Crippen molar-refractivity contribution in [3.63, 3.8) is 0 Å². The number of imidazole rings is 1. The third-order valence-electron chi connectivity index (χ3n) is 1.95. The topological polar surface area (TPSA) is 41.6 Å². The first-order chi connectivity index (χ1) is 7.42. The van der Waals surface area contributed by atoms with Crippen LogP contribution in [0.1, 0.15) is 5.69 Å². The largest absolute Gasteiger partial charge is 0.332 e. The minimum absolute atomic E-state index is 0.878. The van der Waals surface area contributed by atoms with Crippen molar-refractivity contribution in [2.45, 2.75) is 10.9 Å². The summed E-state index contributed by atoms with van der Waals surface area (Å²) in [5.74, 6) is 0.878. The van der Waals surface area contributed by atoms with Crippen molar-refractivity contribution in [1.82, 2.24) is 15.0 Å². The molecule has 0 radical (unpaired) electrons. The van der Waals surface area contributed by atoms with Crippen LogP contribution in [-0.2, 0) is 5.75 Å². The molecule has 0 atom stereocenters. The fraction of sp³-hybridized carbons (Fsp3) is 0.111. The first kappa shape index (κ1) is 9.38. The number of thiophene rings is 1. The van der Waals surface area contributed by atoms with Gasteiger partial charge in [0.2, 0.25) is 0 Å². The molecule has 0 aliphatic rings. The lowest BCUT2D eigenvalue weighted by Gasteiger charge is -1.92. The Bertz CT molecular complexity index is 523. The number of H-pyrrole nitrogens is 1. The number of nitrogens with one attached hydrogen (secondary N) is 1. The fourth-order valence-electron chi connectivity index (χ4n) is 1.24. The van der Waals surface area contributed by atoms with Gasteiger partial charge in [-0.25, -0.2) is 9.97 Å². The molecule has 3 heterocycles. The van der Waals surface area contributed by atoms with E-state index in [1.54, 1.807) is 34.4 Å². The average Bonchev–Trinajstić information content (AvgIpc) is 2.91. The molecule has 3 nitrogen and oxygen atoms in total. The van der Waals surface area contributed by atoms with E-state index in [0.29, 0.717) is 0 Å². The zero-order chi connectivity index (χ0) is 10.1. The van der Waals surface area contributed by atoms with E-state index in [1.165, 1.54) is 0 Å². The molecule has 0 saturated heterocycles. The Kier molecular flexibility index (Phi) is 2.47. The maximum atomic E-state index is 4.47. The summed E-state index contributed by atoms with van der Waals surface area (Å²) in [7, 11) is 0. The molecule has 76 valence electrons. The normalized spacial score (nSPS) is 11.2. The molecule has 3 aromatic heterocycles. The molecular formula is C9H7N3S3. The van der Waals surface area contributed by atoms with Gasteiger partial charge >= 0.3 is 0 Å². The SMILES string of the molecule is c1nc(CSc2nc3cscc3[nH]2)cs1. The molecule has 0 spiro atoms. The lowest BCUT2D eigenvalue weighted by atomic mass is 10.5. The number of aromatic nitrogens is 3. The van der Waals surface area contributed by atoms with Crippen molar-refractivity contribution in [1.29, 1.82) is 0 Å². The summed E-state index contributed by atoms with van der Waals surface area (Å²) in [4.78, 5) is 12.0. The highest BCUT2D eigenvalue weighted by atomic mass is 32.2. The summed E-state index contributed by atoms with van der Waals surface area (Å²) >= 11 is 4.99. The van der Waals surface area contributed by atoms with Gasteiger partial charge < -0.3 is 4.98 Å². The summed E-state index contributed by atoms with van der Waals surface area (Å²) in [6.07, 6.45) is 0. The second-order valence-electron chi connectivity index (χ2n) is 2.98. The van der Waals surface area contributed by atoms with Gasteiger partial charge in [-0.15, -0.1) is 22.7 Å². The standard InChI is InChI=1S/C9H7N3S3/c1-6(10-5-14-1)2-15-9-11-7-3-13-4-8(7)12-9/h1,3-5H,2H2,(H,11,12). The molecule has 0 aliphatic heterocycles. The molecular weight excluding hydrogens is 246 g/mol. The van der Waals surface area contributed by atoms with Crippen LogP contribution in [0.4, 0.5) is 0 Å². The summed E-state index contributed by atoms with van der Waals surface area (Å²) in [5.41, 5.74) is 5.15. The van der Waals surface area contributed by atoms with Crippen LogP contribution >= 0.6 is 34.4 Å². The van der Waals surface area contributed by atoms with E-state index in [2.05, 4.69) is 31.1 Å². The minimum Gasteiger partial charge on any atom is -0.332 e. The Morgan fingerprint density at radius 2 is 2.27 bits per heavy atom. The highest BCUT2D eigenvalue weighted by Crippen LogP contribution is 2.24. The summed E-state index contributed by atoms with van der Waals surface area (Å²) in [5, 5.41) is 7.17. The second kappa shape index (κ2) is 3.96. The molecule has 0 bridgehead atoms. The van der Waals surface area contributed by atoms with Crippen LogP contribution in [0, 0.1) is 0 Å². The van der Waals surface area contributed by atoms with Crippen LogP contribution < -0.4 is 0 Å². The fourth-order valence-corrected chi connectivity index (χ4v) is 3.39. The van der Waals surface area contributed by atoms with Gasteiger partial charge in [0.25, 0.3) is 0 Å². The molecule has 0 amide bonds. The number of aromatic amines is 1. The van der Waals surface area contributed by atoms with Gasteiger partial charge in [-0.1, -0.05) is 11.8 Å². The van der Waals surface area contributed by atoms with Crippen LogP contribution in [0.3, 0.4) is 0 Å². The molecule has 3 aromatic rings. The van der Waals surface area contributed by atoms with Crippen molar-refractivity contribution in [3.05, 3.63) is 27.3 Å². The van der Waals surface area contributed by atoms with Crippen LogP contribution in [0.15, 0.2) is 26.8 Å². The van der Waals surface area contributed by atoms with Crippen molar-refractivity contribution in [3.8, 4) is 0 Å². The third kappa shape index (κ3) is 1.92. The van der Waals surface area contributed by atoms with E-state index in [9.17, 15) is 0 Å². The molecule has 0 saturated carbocycles. The molecule has 0 unspecified atom stereocenters. The van der Waals surface area contributed by atoms with Gasteiger partial charge in [0.05, 0.1) is 16.7 Å². The Hall–Kier alpha value is -0.850. The van der Waals surface area contributed by atoms with Gasteiger partial charge in [0.15, 0.2) is 5.16 Å². The van der Waals surface area contributed by atoms with Gasteiger partial charge in [-0.3, -0.25) is 0 Å². The highest BCUT2D eigenvalue weighted by Gasteiger charge is 2.04. The summed E-state index contributed by atoms with van der Waals surface area (Å²) < 4.78 is 0. The third-order valence-corrected chi connectivity index (χ3v) is 4.22. The number of hydrogen-bond donors (Lipinski definition) is 1. The summed E-state index contributed by atoms with van der Waals surface area (Å²) in [6, 6.07) is 0. The van der Waals surface area contributed by atoms with E-state index in [4.69, 9.17) is 0 Å². The van der Waals surface area contributed by atoms with Gasteiger partial charge in [-0.2, -0.15) is 0 Å². The van der Waals surface area contributed by atoms with E-state index in [1.807, 2.05) is 5.51 Å². The summed E-state index contributed by atoms with van der Waals surface area (Å²) in [6.45, 7) is 0. The number of hydrogen-bond acceptors (Lipinski definition) is 5. The quantitative estimate of drug-likeness (QED) is 0.728. The van der Waals surface area contributed by atoms with E-state index >= 15 is 0 Å². The predicted molar refractivity (Wildman–Crippen MR) is 65.6 cm³/mol. The lowest BCUT2D eigenvalue weighted by Crippen LogP contribution is -1.80. The zero-order valence-electron chi connectivity index (χ0n) is 7.64. The number of thiazole rings is 1. The molecule has 15 heavy (non-hydrogen) atoms. The number of rotatable bonds is 3. The smallest absolute Gasteiger partial charge is 0.166 e. The first-order valence-corrected chi connectivity index (χ1v) is 7.21. The number of nitrogens with zero attached hydrogens (tertiary/aromatic N) is 2. The van der Waals surface area contributed by atoms with Crippen molar-refractivity contribution >= 4 is 45.5 Å². The Balaban J connectivity index is 1.75. The second-order valence-corrected chi connectivity index (χ2v) is 5.41. The molecule has 3 rings (SSSR count). The van der Waals surface area contributed by atoms with Crippen LogP contribution in [0.5, 0.6) is 0 Å². The van der Waals surface area contributed by atoms with Gasteiger partial charge in [0.1, 0.15) is 5.52 Å². The van der Waals surface area contributed by atoms with Crippen molar-refractivity contribution in [2.24, 2.45) is 0 Å². The Labute approximate surface area is 98.6 Å². The average molecular weight is 253 g/mol.